The van der Waals surface area contributed by atoms with Crippen LogP contribution in [0.15, 0.2) is 106 Å². The Morgan fingerprint density at radius 3 is 2.07 bits per heavy atom. The van der Waals surface area contributed by atoms with Crippen molar-refractivity contribution in [2.45, 2.75) is 58.5 Å². The molecule has 9 heteroatoms. The molecule has 0 aromatic heterocycles. The molecule has 0 spiro atoms. The summed E-state index contributed by atoms with van der Waals surface area (Å²) in [5.41, 5.74) is 4.61. The van der Waals surface area contributed by atoms with Crippen molar-refractivity contribution in [3.63, 3.8) is 0 Å². The Balaban J connectivity index is 1.82. The van der Waals surface area contributed by atoms with E-state index in [0.29, 0.717) is 17.8 Å². The molecule has 1 atom stereocenters. The summed E-state index contributed by atoms with van der Waals surface area (Å²) in [7, 11) is -4.16. The Kier molecular flexibility index (Phi) is 11.8. The van der Waals surface area contributed by atoms with Gasteiger partial charge in [-0.3, -0.25) is 13.9 Å². The van der Waals surface area contributed by atoms with Crippen LogP contribution in [0, 0.1) is 26.7 Å². The van der Waals surface area contributed by atoms with Gasteiger partial charge in [-0.1, -0.05) is 102 Å². The summed E-state index contributed by atoms with van der Waals surface area (Å²) in [4.78, 5) is 30.1. The average molecular weight is 705 g/mol. The summed E-state index contributed by atoms with van der Waals surface area (Å²) in [5.74, 6) is -0.570. The van der Waals surface area contributed by atoms with E-state index >= 15 is 0 Å². The minimum Gasteiger partial charge on any atom is -0.354 e. The Hall–Kier alpha value is -3.95. The summed E-state index contributed by atoms with van der Waals surface area (Å²) in [6.07, 6.45) is 0.265. The molecule has 46 heavy (non-hydrogen) atoms. The van der Waals surface area contributed by atoms with E-state index < -0.39 is 28.5 Å². The molecule has 4 aromatic carbocycles. The largest absolute Gasteiger partial charge is 0.354 e. The molecule has 0 fully saturated rings. The lowest BCUT2D eigenvalue weighted by molar-refractivity contribution is -0.140. The highest BCUT2D eigenvalue weighted by Crippen LogP contribution is 2.29. The zero-order chi connectivity index (χ0) is 33.4. The van der Waals surface area contributed by atoms with Gasteiger partial charge in [0.2, 0.25) is 11.8 Å². The number of nitrogens with one attached hydrogen (secondary N) is 1. The maximum Gasteiger partial charge on any atom is 0.264 e. The molecule has 0 saturated carbocycles. The minimum absolute atomic E-state index is 0.0850. The van der Waals surface area contributed by atoms with Crippen LogP contribution in [-0.4, -0.2) is 44.3 Å². The molecule has 242 valence electrons. The second-order valence-electron chi connectivity index (χ2n) is 12.1. The average Bonchev–Trinajstić information content (AvgIpc) is 3.03. The van der Waals surface area contributed by atoms with Crippen molar-refractivity contribution in [3.05, 3.63) is 129 Å². The summed E-state index contributed by atoms with van der Waals surface area (Å²) >= 11 is 3.47. The van der Waals surface area contributed by atoms with Crippen LogP contribution in [0.2, 0.25) is 0 Å². The van der Waals surface area contributed by atoms with Crippen LogP contribution in [0.3, 0.4) is 0 Å². The van der Waals surface area contributed by atoms with Crippen LogP contribution in [0.5, 0.6) is 0 Å². The third-order valence-corrected chi connectivity index (χ3v) is 10.0. The van der Waals surface area contributed by atoms with Crippen LogP contribution < -0.4 is 9.62 Å². The molecule has 0 saturated heterocycles. The normalized spacial score (nSPS) is 12.1. The van der Waals surface area contributed by atoms with Crippen molar-refractivity contribution in [1.29, 1.82) is 0 Å². The number of aryl methyl sites for hydroxylation is 3. The van der Waals surface area contributed by atoms with E-state index in [9.17, 15) is 18.0 Å². The standard InChI is InChI=1S/C37H42BrN3O4S/c1-26(2)23-39-37(43)35(22-30-9-7-6-8-10-30)40(24-31-15-17-32(38)18-16-31)36(42)25-41(34-21-28(4)11-14-29(34)5)46(44,45)33-19-12-27(3)13-20-33/h6-21,26,35H,22-25H2,1-5H3,(H,39,43)/t35-/m0/s1. The number of hydrogen-bond acceptors (Lipinski definition) is 4. The number of amides is 2. The van der Waals surface area contributed by atoms with Gasteiger partial charge in [-0.05, 0) is 79.3 Å². The topological polar surface area (TPSA) is 86.8 Å². The summed E-state index contributed by atoms with van der Waals surface area (Å²) in [6, 6.07) is 28.4. The van der Waals surface area contributed by atoms with Gasteiger partial charge >= 0.3 is 0 Å². The molecule has 0 aliphatic carbocycles. The van der Waals surface area contributed by atoms with Crippen molar-refractivity contribution < 1.29 is 18.0 Å². The van der Waals surface area contributed by atoms with Crippen LogP contribution in [0.1, 0.15) is 41.7 Å². The van der Waals surface area contributed by atoms with Crippen molar-refractivity contribution >= 4 is 43.5 Å². The highest BCUT2D eigenvalue weighted by molar-refractivity contribution is 9.10. The molecular formula is C37H42BrN3O4S. The molecule has 0 heterocycles. The van der Waals surface area contributed by atoms with E-state index in [-0.39, 0.29) is 29.7 Å². The third kappa shape index (κ3) is 9.07. The first kappa shape index (κ1) is 34.9. The van der Waals surface area contributed by atoms with Gasteiger partial charge in [-0.15, -0.1) is 0 Å². The van der Waals surface area contributed by atoms with Gasteiger partial charge < -0.3 is 10.2 Å². The first-order valence-corrected chi connectivity index (χ1v) is 17.6. The van der Waals surface area contributed by atoms with Gasteiger partial charge in [-0.2, -0.15) is 0 Å². The molecule has 1 N–H and O–H groups in total. The Bertz CT molecular complexity index is 1740. The molecule has 0 bridgehead atoms. The molecule has 0 aliphatic rings. The zero-order valence-electron chi connectivity index (χ0n) is 27.0. The quantitative estimate of drug-likeness (QED) is 0.163. The lowest BCUT2D eigenvalue weighted by Gasteiger charge is -2.34. The number of hydrogen-bond donors (Lipinski definition) is 1. The summed E-state index contributed by atoms with van der Waals surface area (Å²) in [6.45, 7) is 9.69. The van der Waals surface area contributed by atoms with Gasteiger partial charge in [0.15, 0.2) is 0 Å². The number of rotatable bonds is 13. The van der Waals surface area contributed by atoms with E-state index in [1.54, 1.807) is 30.3 Å². The predicted molar refractivity (Wildman–Crippen MR) is 188 cm³/mol. The molecule has 0 aliphatic heterocycles. The van der Waals surface area contributed by atoms with E-state index in [4.69, 9.17) is 0 Å². The van der Waals surface area contributed by atoms with Gasteiger partial charge in [0.25, 0.3) is 10.0 Å². The molecule has 4 aromatic rings. The minimum atomic E-state index is -4.16. The number of benzene rings is 4. The summed E-state index contributed by atoms with van der Waals surface area (Å²) < 4.78 is 30.7. The maximum absolute atomic E-state index is 14.6. The van der Waals surface area contributed by atoms with Gasteiger partial charge in [0.1, 0.15) is 12.6 Å². The number of anilines is 1. The van der Waals surface area contributed by atoms with E-state index in [1.807, 2.05) is 101 Å². The Labute approximate surface area is 281 Å². The van der Waals surface area contributed by atoms with Crippen LogP contribution in [-0.2, 0) is 32.6 Å². The Morgan fingerprint density at radius 1 is 0.804 bits per heavy atom. The number of carbonyl (C=O) groups excluding carboxylic acids is 2. The van der Waals surface area contributed by atoms with E-state index in [0.717, 1.165) is 26.7 Å². The number of sulfonamides is 1. The fraction of sp³-hybridized carbons (Fsp3) is 0.297. The van der Waals surface area contributed by atoms with Gasteiger partial charge in [0, 0.05) is 24.0 Å². The molecule has 4 rings (SSSR count). The molecule has 7 nitrogen and oxygen atoms in total. The molecule has 2 amide bonds. The SMILES string of the molecule is Cc1ccc(S(=O)(=O)N(CC(=O)N(Cc2ccc(Br)cc2)[C@@H](Cc2ccccc2)C(=O)NCC(C)C)c2cc(C)ccc2C)cc1. The summed E-state index contributed by atoms with van der Waals surface area (Å²) in [5, 5.41) is 3.02. The second-order valence-corrected chi connectivity index (χ2v) is 14.9. The Morgan fingerprint density at radius 2 is 1.43 bits per heavy atom. The van der Waals surface area contributed by atoms with Crippen LogP contribution >= 0.6 is 15.9 Å². The molecule has 0 unspecified atom stereocenters. The third-order valence-electron chi connectivity index (χ3n) is 7.74. The number of carbonyl (C=O) groups is 2. The van der Waals surface area contributed by atoms with Crippen molar-refractivity contribution in [2.24, 2.45) is 5.92 Å². The highest BCUT2D eigenvalue weighted by atomic mass is 79.9. The van der Waals surface area contributed by atoms with Crippen molar-refractivity contribution in [1.82, 2.24) is 10.2 Å². The van der Waals surface area contributed by atoms with E-state index in [2.05, 4.69) is 21.2 Å². The first-order chi connectivity index (χ1) is 21.8. The van der Waals surface area contributed by atoms with Crippen LogP contribution in [0.4, 0.5) is 5.69 Å². The fourth-order valence-corrected chi connectivity index (χ4v) is 6.84. The highest BCUT2D eigenvalue weighted by Gasteiger charge is 2.35. The molecule has 0 radical (unpaired) electrons. The maximum atomic E-state index is 14.6. The first-order valence-electron chi connectivity index (χ1n) is 15.4. The predicted octanol–water partition coefficient (Wildman–Crippen LogP) is 6.98. The monoisotopic (exact) mass is 703 g/mol. The van der Waals surface area contributed by atoms with Crippen molar-refractivity contribution in [2.75, 3.05) is 17.4 Å². The lowest BCUT2D eigenvalue weighted by atomic mass is 10.0. The van der Waals surface area contributed by atoms with Crippen LogP contribution in [0.25, 0.3) is 0 Å². The smallest absolute Gasteiger partial charge is 0.264 e. The van der Waals surface area contributed by atoms with Gasteiger partial charge in [-0.25, -0.2) is 8.42 Å². The molecular weight excluding hydrogens is 662 g/mol. The number of halogens is 1. The lowest BCUT2D eigenvalue weighted by Crippen LogP contribution is -2.53. The zero-order valence-corrected chi connectivity index (χ0v) is 29.4. The second kappa shape index (κ2) is 15.6. The van der Waals surface area contributed by atoms with Gasteiger partial charge in [0.05, 0.1) is 10.6 Å². The number of nitrogens with zero attached hydrogens (tertiary/aromatic N) is 2. The van der Waals surface area contributed by atoms with Crippen molar-refractivity contribution in [3.8, 4) is 0 Å². The van der Waals surface area contributed by atoms with E-state index in [1.165, 1.54) is 9.21 Å². The fourth-order valence-electron chi connectivity index (χ4n) is 5.10.